The van der Waals surface area contributed by atoms with E-state index in [1.165, 1.54) is 26.1 Å². The second-order valence-corrected chi connectivity index (χ2v) is 5.92. The zero-order valence-electron chi connectivity index (χ0n) is 15.3. The van der Waals surface area contributed by atoms with Gasteiger partial charge in [-0.1, -0.05) is 0 Å². The van der Waals surface area contributed by atoms with Crippen molar-refractivity contribution in [2.24, 2.45) is 0 Å². The van der Waals surface area contributed by atoms with E-state index >= 15 is 0 Å². The number of esters is 1. The highest BCUT2D eigenvalue weighted by Crippen LogP contribution is 2.25. The maximum Gasteiger partial charge on any atom is 0.338 e. The molecule has 0 atom stereocenters. The van der Waals surface area contributed by atoms with Gasteiger partial charge in [-0.25, -0.2) is 4.79 Å². The van der Waals surface area contributed by atoms with Crippen molar-refractivity contribution in [3.8, 4) is 0 Å². The molecular weight excluding hydrogens is 354 g/mol. The molecule has 9 nitrogen and oxygen atoms in total. The summed E-state index contributed by atoms with van der Waals surface area (Å²) in [6.45, 7) is 4.15. The molecule has 0 bridgehead atoms. The Balaban J connectivity index is 2.15. The lowest BCUT2D eigenvalue weighted by molar-refractivity contribution is -0.384. The van der Waals surface area contributed by atoms with Crippen LogP contribution in [0.25, 0.3) is 0 Å². The van der Waals surface area contributed by atoms with Gasteiger partial charge in [-0.3, -0.25) is 19.7 Å². The highest BCUT2D eigenvalue weighted by molar-refractivity contribution is 6.04. The van der Waals surface area contributed by atoms with E-state index in [9.17, 15) is 24.5 Å². The van der Waals surface area contributed by atoms with Gasteiger partial charge in [0.1, 0.15) is 5.69 Å². The molecule has 142 valence electrons. The first-order valence-electron chi connectivity index (χ1n) is 8.04. The van der Waals surface area contributed by atoms with E-state index < -0.39 is 23.3 Å². The predicted octanol–water partition coefficient (Wildman–Crippen LogP) is 2.82. The second kappa shape index (κ2) is 7.81. The number of carbonyl (C=O) groups is 3. The molecule has 0 radical (unpaired) electrons. The molecule has 0 unspecified atom stereocenters. The summed E-state index contributed by atoms with van der Waals surface area (Å²) >= 11 is 0. The SMILES string of the molecule is CNc1ccc(C(=O)OCC(=O)c2[nH]c(C)c(C(C)=O)c2C)cc1[N+](=O)[O-]. The van der Waals surface area contributed by atoms with Gasteiger partial charge in [0.05, 0.1) is 16.2 Å². The number of Topliss-reactive ketones (excluding diaryl/α,β-unsaturated/α-hetero) is 2. The highest BCUT2D eigenvalue weighted by atomic mass is 16.6. The second-order valence-electron chi connectivity index (χ2n) is 5.92. The molecule has 0 aliphatic heterocycles. The van der Waals surface area contributed by atoms with E-state index in [1.807, 2.05) is 0 Å². The van der Waals surface area contributed by atoms with Crippen molar-refractivity contribution in [3.05, 3.63) is 56.4 Å². The molecule has 0 fully saturated rings. The van der Waals surface area contributed by atoms with Crippen molar-refractivity contribution in [2.45, 2.75) is 20.8 Å². The number of rotatable bonds is 7. The van der Waals surface area contributed by atoms with Crippen molar-refractivity contribution in [1.29, 1.82) is 0 Å². The van der Waals surface area contributed by atoms with Gasteiger partial charge in [-0.05, 0) is 38.5 Å². The maximum absolute atomic E-state index is 12.3. The summed E-state index contributed by atoms with van der Waals surface area (Å²) in [6, 6.07) is 3.83. The van der Waals surface area contributed by atoms with Gasteiger partial charge in [0.15, 0.2) is 12.4 Å². The summed E-state index contributed by atoms with van der Waals surface area (Å²) in [5, 5.41) is 13.7. The summed E-state index contributed by atoms with van der Waals surface area (Å²) in [6.07, 6.45) is 0. The van der Waals surface area contributed by atoms with Crippen LogP contribution >= 0.6 is 0 Å². The van der Waals surface area contributed by atoms with Crippen LogP contribution < -0.4 is 5.32 Å². The third-order valence-corrected chi connectivity index (χ3v) is 4.10. The number of nitro benzene ring substituents is 1. The van der Waals surface area contributed by atoms with Gasteiger partial charge < -0.3 is 15.0 Å². The number of carbonyl (C=O) groups excluding carboxylic acids is 3. The Kier molecular flexibility index (Phi) is 5.74. The maximum atomic E-state index is 12.3. The number of aryl methyl sites for hydroxylation is 1. The highest BCUT2D eigenvalue weighted by Gasteiger charge is 2.22. The van der Waals surface area contributed by atoms with E-state index in [2.05, 4.69) is 10.3 Å². The lowest BCUT2D eigenvalue weighted by atomic mass is 10.1. The molecule has 9 heteroatoms. The Hall–Kier alpha value is -3.49. The Bertz CT molecular complexity index is 945. The van der Waals surface area contributed by atoms with Crippen LogP contribution in [0, 0.1) is 24.0 Å². The van der Waals surface area contributed by atoms with Crippen LogP contribution in [0.4, 0.5) is 11.4 Å². The number of ether oxygens (including phenoxy) is 1. The van der Waals surface area contributed by atoms with Crippen LogP contribution in [0.15, 0.2) is 18.2 Å². The lowest BCUT2D eigenvalue weighted by Gasteiger charge is -2.06. The number of hydrogen-bond acceptors (Lipinski definition) is 7. The molecule has 2 rings (SSSR count). The fraction of sp³-hybridized carbons (Fsp3) is 0.278. The Morgan fingerprint density at radius 3 is 2.44 bits per heavy atom. The Labute approximate surface area is 154 Å². The van der Waals surface area contributed by atoms with Crippen molar-refractivity contribution in [1.82, 2.24) is 4.98 Å². The van der Waals surface area contributed by atoms with E-state index in [1.54, 1.807) is 13.8 Å². The quantitative estimate of drug-likeness (QED) is 0.330. The Morgan fingerprint density at radius 1 is 1.26 bits per heavy atom. The third kappa shape index (κ3) is 4.02. The number of hydrogen-bond donors (Lipinski definition) is 2. The lowest BCUT2D eigenvalue weighted by Crippen LogP contribution is -2.16. The number of aromatic amines is 1. The molecule has 1 aromatic heterocycles. The van der Waals surface area contributed by atoms with Crippen LogP contribution in [0.3, 0.4) is 0 Å². The molecule has 2 aromatic rings. The van der Waals surface area contributed by atoms with E-state index in [0.29, 0.717) is 16.8 Å². The smallest absolute Gasteiger partial charge is 0.338 e. The minimum absolute atomic E-state index is 0.0442. The molecule has 0 aliphatic carbocycles. The molecule has 0 saturated carbocycles. The molecule has 1 aromatic carbocycles. The molecule has 2 N–H and O–H groups in total. The summed E-state index contributed by atoms with van der Waals surface area (Å²) in [4.78, 5) is 49.4. The average molecular weight is 373 g/mol. The van der Waals surface area contributed by atoms with Crippen LogP contribution in [0.5, 0.6) is 0 Å². The van der Waals surface area contributed by atoms with Crippen LogP contribution in [-0.4, -0.2) is 41.1 Å². The summed E-state index contributed by atoms with van der Waals surface area (Å²) < 4.78 is 4.98. The van der Waals surface area contributed by atoms with E-state index in [-0.39, 0.29) is 28.4 Å². The van der Waals surface area contributed by atoms with Crippen molar-refractivity contribution in [3.63, 3.8) is 0 Å². The third-order valence-electron chi connectivity index (χ3n) is 4.10. The van der Waals surface area contributed by atoms with Gasteiger partial charge >= 0.3 is 5.97 Å². The Morgan fingerprint density at radius 2 is 1.93 bits per heavy atom. The molecule has 0 amide bonds. The van der Waals surface area contributed by atoms with Crippen molar-refractivity contribution < 1.29 is 24.0 Å². The number of nitrogens with zero attached hydrogens (tertiary/aromatic N) is 1. The molecule has 0 spiro atoms. The molecule has 1 heterocycles. The number of aromatic nitrogens is 1. The first-order chi connectivity index (χ1) is 12.7. The normalized spacial score (nSPS) is 10.4. The van der Waals surface area contributed by atoms with E-state index in [0.717, 1.165) is 6.07 Å². The average Bonchev–Trinajstić information content (AvgIpc) is 2.93. The zero-order chi connectivity index (χ0) is 20.3. The minimum atomic E-state index is -0.859. The standard InChI is InChI=1S/C18H19N3O6/c1-9-16(11(3)22)10(2)20-17(9)15(23)8-27-18(24)12-5-6-13(19-4)14(7-12)21(25)26/h5-7,19-20H,8H2,1-4H3. The number of anilines is 1. The zero-order valence-corrected chi connectivity index (χ0v) is 15.3. The van der Waals surface area contributed by atoms with Crippen LogP contribution in [0.1, 0.15) is 49.4 Å². The van der Waals surface area contributed by atoms with Crippen molar-refractivity contribution in [2.75, 3.05) is 19.0 Å². The summed E-state index contributed by atoms with van der Waals surface area (Å²) in [5.74, 6) is -1.53. The van der Waals surface area contributed by atoms with Gasteiger partial charge in [0.25, 0.3) is 5.69 Å². The molecule has 27 heavy (non-hydrogen) atoms. The minimum Gasteiger partial charge on any atom is -0.454 e. The van der Waals surface area contributed by atoms with Gasteiger partial charge in [0.2, 0.25) is 5.78 Å². The molecule has 0 saturated heterocycles. The first kappa shape index (κ1) is 19.8. The van der Waals surface area contributed by atoms with Crippen LogP contribution in [0.2, 0.25) is 0 Å². The number of ketones is 2. The predicted molar refractivity (Wildman–Crippen MR) is 97.5 cm³/mol. The monoisotopic (exact) mass is 373 g/mol. The molecular formula is C18H19N3O6. The van der Waals surface area contributed by atoms with Gasteiger partial charge in [-0.15, -0.1) is 0 Å². The number of benzene rings is 1. The van der Waals surface area contributed by atoms with E-state index in [4.69, 9.17) is 4.74 Å². The number of nitro groups is 1. The van der Waals surface area contributed by atoms with Crippen molar-refractivity contribution >= 4 is 28.9 Å². The number of nitrogens with one attached hydrogen (secondary N) is 2. The largest absolute Gasteiger partial charge is 0.454 e. The fourth-order valence-electron chi connectivity index (χ4n) is 2.86. The summed E-state index contributed by atoms with van der Waals surface area (Å²) in [7, 11) is 1.52. The van der Waals surface area contributed by atoms with Crippen LogP contribution in [-0.2, 0) is 4.74 Å². The molecule has 0 aliphatic rings. The number of H-pyrrole nitrogens is 1. The van der Waals surface area contributed by atoms with Gasteiger partial charge in [-0.2, -0.15) is 0 Å². The fourth-order valence-corrected chi connectivity index (χ4v) is 2.86. The van der Waals surface area contributed by atoms with Gasteiger partial charge in [0, 0.05) is 24.4 Å². The first-order valence-corrected chi connectivity index (χ1v) is 8.04. The topological polar surface area (TPSA) is 131 Å². The summed E-state index contributed by atoms with van der Waals surface area (Å²) in [5.41, 5.74) is 1.62.